The van der Waals surface area contributed by atoms with Crippen LogP contribution in [0.3, 0.4) is 0 Å². The fourth-order valence-electron chi connectivity index (χ4n) is 6.50. The number of nitrogens with zero attached hydrogens (tertiary/aromatic N) is 3. The van der Waals surface area contributed by atoms with Crippen LogP contribution in [0.2, 0.25) is 0 Å². The number of aryl methyl sites for hydroxylation is 2. The molecule has 2 atom stereocenters. The molecule has 4 nitrogen and oxygen atoms in total. The summed E-state index contributed by atoms with van der Waals surface area (Å²) in [7, 11) is 0. The minimum absolute atomic E-state index is 0.819. The van der Waals surface area contributed by atoms with E-state index in [9.17, 15) is 0 Å². The second-order valence-corrected chi connectivity index (χ2v) is 11.5. The highest BCUT2D eigenvalue weighted by atomic mass is 32.1. The zero-order chi connectivity index (χ0) is 23.1. The van der Waals surface area contributed by atoms with E-state index >= 15 is 0 Å². The summed E-state index contributed by atoms with van der Waals surface area (Å²) in [6.07, 6.45) is 9.17. The number of benzene rings is 2. The summed E-state index contributed by atoms with van der Waals surface area (Å²) >= 11 is 1.94. The van der Waals surface area contributed by atoms with Gasteiger partial charge in [0.05, 0.1) is 34.0 Å². The Labute approximate surface area is 207 Å². The lowest BCUT2D eigenvalue weighted by molar-refractivity contribution is 0.122. The van der Waals surface area contributed by atoms with E-state index in [-0.39, 0.29) is 0 Å². The molecule has 1 saturated carbocycles. The van der Waals surface area contributed by atoms with Crippen LogP contribution in [0.15, 0.2) is 24.3 Å². The molecule has 0 amide bonds. The first kappa shape index (κ1) is 22.5. The first-order chi connectivity index (χ1) is 16.7. The molecule has 3 heterocycles. The van der Waals surface area contributed by atoms with Crippen molar-refractivity contribution in [2.45, 2.75) is 58.8 Å². The molecule has 3 aliphatic heterocycles. The van der Waals surface area contributed by atoms with Gasteiger partial charge >= 0.3 is 0 Å². The van der Waals surface area contributed by atoms with Crippen LogP contribution in [-0.2, 0) is 17.6 Å². The Bertz CT molecular complexity index is 1230. The molecule has 0 aromatic heterocycles. The van der Waals surface area contributed by atoms with Crippen LogP contribution >= 0.6 is 11.3 Å². The summed E-state index contributed by atoms with van der Waals surface area (Å²) in [5.74, 6) is 1.86. The Morgan fingerprint density at radius 1 is 0.971 bits per heavy atom. The van der Waals surface area contributed by atoms with Gasteiger partial charge in [0, 0.05) is 43.2 Å². The standard InChI is InChI=1S/C29H38N3OS/c1-3-20-15-24(31-11-13-33-14-12-31)17-26-28(20)30-29-21(4-2)16-25(18-27(29)34-26)32-10-9-22-7-5-6-8-23(22)19-32/h15-18,22-23H,3-14,19H2,1-2H3/q+1. The lowest BCUT2D eigenvalue weighted by atomic mass is 9.75. The average molecular weight is 477 g/mol. The highest BCUT2D eigenvalue weighted by Gasteiger charge is 2.34. The molecule has 2 saturated heterocycles. The maximum absolute atomic E-state index is 5.60. The normalized spacial score (nSPS) is 25.1. The number of ether oxygens (including phenoxy) is 1. The Kier molecular flexibility index (Phi) is 6.33. The third-order valence-electron chi connectivity index (χ3n) is 8.52. The van der Waals surface area contributed by atoms with Gasteiger partial charge in [0.25, 0.3) is 0 Å². The summed E-state index contributed by atoms with van der Waals surface area (Å²) in [4.78, 5) is 9.12. The van der Waals surface area contributed by atoms with Crippen LogP contribution in [-0.4, -0.2) is 44.4 Å². The number of rotatable bonds is 3. The lowest BCUT2D eigenvalue weighted by Crippen LogP contribution is -2.44. The predicted molar refractivity (Wildman–Crippen MR) is 143 cm³/mol. The van der Waals surface area contributed by atoms with Gasteiger partial charge in [-0.25, -0.2) is 9.56 Å². The molecule has 5 heteroatoms. The number of hydrogen-bond donors (Lipinski definition) is 0. The van der Waals surface area contributed by atoms with Gasteiger partial charge in [-0.05, 0) is 54.9 Å². The van der Waals surface area contributed by atoms with Crippen LogP contribution in [0.1, 0.15) is 57.1 Å². The highest BCUT2D eigenvalue weighted by molar-refractivity contribution is 7.21. The SMILES string of the molecule is CCc1cc(=[N+]2CCC3CCCCC3C2)cc2sc3cc(N4CCOCC4)cc(CC)c3nc1-2. The van der Waals surface area contributed by atoms with Crippen molar-refractivity contribution in [3.63, 3.8) is 0 Å². The molecule has 5 aliphatic rings. The van der Waals surface area contributed by atoms with Gasteiger partial charge in [0.15, 0.2) is 0 Å². The summed E-state index contributed by atoms with van der Waals surface area (Å²) in [5, 5.41) is 1.42. The summed E-state index contributed by atoms with van der Waals surface area (Å²) in [6, 6.07) is 9.64. The van der Waals surface area contributed by atoms with Gasteiger partial charge < -0.3 is 9.64 Å². The minimum atomic E-state index is 0.819. The third kappa shape index (κ3) is 4.15. The maximum atomic E-state index is 5.60. The molecule has 0 N–H and O–H groups in total. The lowest BCUT2D eigenvalue weighted by Gasteiger charge is -2.33. The van der Waals surface area contributed by atoms with Crippen LogP contribution in [0.4, 0.5) is 5.69 Å². The Morgan fingerprint density at radius 2 is 1.76 bits per heavy atom. The quantitative estimate of drug-likeness (QED) is 0.377. The molecule has 3 fully saturated rings. The topological polar surface area (TPSA) is 28.4 Å². The minimum Gasteiger partial charge on any atom is -0.378 e. The third-order valence-corrected chi connectivity index (χ3v) is 9.58. The Hall–Kier alpha value is -1.98. The van der Waals surface area contributed by atoms with Gasteiger partial charge in [-0.3, -0.25) is 0 Å². The zero-order valence-corrected chi connectivity index (χ0v) is 21.6. The van der Waals surface area contributed by atoms with Gasteiger partial charge in [0.1, 0.15) is 13.1 Å². The van der Waals surface area contributed by atoms with E-state index in [0.717, 1.165) is 51.0 Å². The van der Waals surface area contributed by atoms with Crippen molar-refractivity contribution < 1.29 is 4.74 Å². The Morgan fingerprint density at radius 3 is 2.56 bits per heavy atom. The van der Waals surface area contributed by atoms with E-state index in [2.05, 4.69) is 47.6 Å². The number of fused-ring (bicyclic) bond motifs is 3. The molecule has 0 spiro atoms. The van der Waals surface area contributed by atoms with E-state index < -0.39 is 0 Å². The van der Waals surface area contributed by atoms with Crippen LogP contribution in [0, 0.1) is 11.8 Å². The second-order valence-electron chi connectivity index (χ2n) is 10.5. The predicted octanol–water partition coefficient (Wildman–Crippen LogP) is 5.34. The fraction of sp³-hybridized carbons (Fsp3) is 0.586. The monoisotopic (exact) mass is 476 g/mol. The number of aromatic nitrogens is 1. The molecule has 34 heavy (non-hydrogen) atoms. The van der Waals surface area contributed by atoms with E-state index in [1.807, 2.05) is 11.3 Å². The fourth-order valence-corrected chi connectivity index (χ4v) is 7.64. The molecular weight excluding hydrogens is 438 g/mol. The van der Waals surface area contributed by atoms with Gasteiger partial charge in [-0.2, -0.15) is 0 Å². The van der Waals surface area contributed by atoms with E-state index in [1.165, 1.54) is 88.2 Å². The highest BCUT2D eigenvalue weighted by Crippen LogP contribution is 2.37. The van der Waals surface area contributed by atoms with Crippen molar-refractivity contribution in [3.05, 3.63) is 40.7 Å². The molecule has 1 aromatic carbocycles. The summed E-state index contributed by atoms with van der Waals surface area (Å²) in [5.41, 5.74) is 6.50. The second kappa shape index (κ2) is 9.58. The number of anilines is 1. The Balaban J connectivity index is 1.48. The molecule has 1 aromatic rings. The van der Waals surface area contributed by atoms with Crippen molar-refractivity contribution in [1.82, 2.24) is 9.56 Å². The summed E-state index contributed by atoms with van der Waals surface area (Å²) < 4.78 is 9.60. The molecule has 2 aliphatic carbocycles. The van der Waals surface area contributed by atoms with Crippen LogP contribution in [0.25, 0.3) is 20.8 Å². The van der Waals surface area contributed by atoms with Gasteiger partial charge in [-0.15, -0.1) is 11.3 Å². The van der Waals surface area contributed by atoms with E-state index in [0.29, 0.717) is 0 Å². The van der Waals surface area contributed by atoms with Crippen molar-refractivity contribution in [2.24, 2.45) is 11.8 Å². The molecule has 0 radical (unpaired) electrons. The van der Waals surface area contributed by atoms with Crippen LogP contribution in [0.5, 0.6) is 0 Å². The zero-order valence-electron chi connectivity index (χ0n) is 20.8. The average Bonchev–Trinajstić information content (AvgIpc) is 2.90. The summed E-state index contributed by atoms with van der Waals surface area (Å²) in [6.45, 7) is 10.6. The number of piperidine rings is 1. The van der Waals surface area contributed by atoms with Gasteiger partial charge in [0.2, 0.25) is 5.36 Å². The smallest absolute Gasteiger partial charge is 0.201 e. The molecule has 180 valence electrons. The number of morpholine rings is 1. The van der Waals surface area contributed by atoms with Crippen molar-refractivity contribution in [2.75, 3.05) is 44.3 Å². The van der Waals surface area contributed by atoms with Gasteiger partial charge in [-0.1, -0.05) is 26.7 Å². The van der Waals surface area contributed by atoms with E-state index in [4.69, 9.17) is 9.72 Å². The molecule has 0 bridgehead atoms. The number of hydrogen-bond acceptors (Lipinski definition) is 4. The maximum Gasteiger partial charge on any atom is 0.201 e. The molecular formula is C29H38N3OS+. The first-order valence-corrected chi connectivity index (χ1v) is 14.4. The van der Waals surface area contributed by atoms with Crippen LogP contribution < -0.4 is 14.8 Å². The molecule has 6 rings (SSSR count). The van der Waals surface area contributed by atoms with E-state index in [1.54, 1.807) is 0 Å². The largest absolute Gasteiger partial charge is 0.378 e. The van der Waals surface area contributed by atoms with Crippen molar-refractivity contribution >= 4 is 27.2 Å². The molecule has 2 unspecified atom stereocenters. The first-order valence-electron chi connectivity index (χ1n) is 13.5. The van der Waals surface area contributed by atoms with Crippen molar-refractivity contribution in [1.29, 1.82) is 0 Å². The van der Waals surface area contributed by atoms with Crippen molar-refractivity contribution in [3.8, 4) is 10.6 Å².